The maximum absolute atomic E-state index is 11.6. The molecule has 3 N–H and O–H groups in total. The number of nitrogens with one attached hydrogen (secondary N) is 1. The average Bonchev–Trinajstić information content (AvgIpc) is 2.53. The van der Waals surface area contributed by atoms with Gasteiger partial charge in [0.15, 0.2) is 0 Å². The van der Waals surface area contributed by atoms with Crippen molar-refractivity contribution < 1.29 is 9.53 Å². The van der Waals surface area contributed by atoms with Gasteiger partial charge in [0.1, 0.15) is 0 Å². The van der Waals surface area contributed by atoms with Gasteiger partial charge in [0.25, 0.3) is 0 Å². The zero-order valence-corrected chi connectivity index (χ0v) is 15.0. The second kappa shape index (κ2) is 12.6. The van der Waals surface area contributed by atoms with E-state index in [1.807, 2.05) is 12.1 Å². The molecule has 2 rings (SSSR count). The molecule has 1 heterocycles. The number of amides is 1. The first-order valence-corrected chi connectivity index (χ1v) is 7.67. The molecule has 0 saturated carbocycles. The summed E-state index contributed by atoms with van der Waals surface area (Å²) in [6.45, 7) is 5.34. The number of anilines is 1. The number of morpholine rings is 1. The first kappa shape index (κ1) is 22.1. The number of halogens is 2. The minimum Gasteiger partial charge on any atom is -0.379 e. The first-order chi connectivity index (χ1) is 10.3. The van der Waals surface area contributed by atoms with E-state index < -0.39 is 0 Å². The van der Waals surface area contributed by atoms with Crippen molar-refractivity contribution in [1.29, 1.82) is 0 Å². The molecule has 0 spiro atoms. The van der Waals surface area contributed by atoms with Crippen LogP contribution in [0.5, 0.6) is 0 Å². The quantitative estimate of drug-likeness (QED) is 0.778. The number of rotatable bonds is 7. The van der Waals surface area contributed by atoms with Crippen molar-refractivity contribution in [2.75, 3.05) is 44.7 Å². The summed E-state index contributed by atoms with van der Waals surface area (Å²) in [5, 5.41) is 2.89. The van der Waals surface area contributed by atoms with E-state index in [-0.39, 0.29) is 30.7 Å². The third kappa shape index (κ3) is 8.53. The molecule has 1 aliphatic rings. The highest BCUT2D eigenvalue weighted by Crippen LogP contribution is 2.11. The van der Waals surface area contributed by atoms with Crippen LogP contribution in [0.3, 0.4) is 0 Å². The number of hydrogen-bond acceptors (Lipinski definition) is 4. The van der Waals surface area contributed by atoms with Crippen LogP contribution in [-0.2, 0) is 16.0 Å². The van der Waals surface area contributed by atoms with Gasteiger partial charge >= 0.3 is 0 Å². The molecular weight excluding hydrogens is 337 g/mol. The molecule has 132 valence electrons. The van der Waals surface area contributed by atoms with E-state index in [0.717, 1.165) is 51.4 Å². The smallest absolute Gasteiger partial charge is 0.224 e. The number of carbonyl (C=O) groups excluding carboxylic acids is 1. The average molecular weight is 364 g/mol. The van der Waals surface area contributed by atoms with E-state index in [9.17, 15) is 4.79 Å². The van der Waals surface area contributed by atoms with E-state index in [2.05, 4.69) is 22.3 Å². The molecule has 1 amide bonds. The lowest BCUT2D eigenvalue weighted by atomic mass is 10.1. The van der Waals surface area contributed by atoms with E-state index in [0.29, 0.717) is 13.0 Å². The normalized spacial score (nSPS) is 14.5. The summed E-state index contributed by atoms with van der Waals surface area (Å²) >= 11 is 0. The van der Waals surface area contributed by atoms with Crippen molar-refractivity contribution >= 4 is 36.4 Å². The number of nitrogens with two attached hydrogens (primary N) is 1. The van der Waals surface area contributed by atoms with Crippen molar-refractivity contribution in [1.82, 2.24) is 4.90 Å². The zero-order valence-electron chi connectivity index (χ0n) is 13.3. The van der Waals surface area contributed by atoms with Gasteiger partial charge in [-0.3, -0.25) is 9.69 Å². The van der Waals surface area contributed by atoms with Crippen molar-refractivity contribution in [3.63, 3.8) is 0 Å². The van der Waals surface area contributed by atoms with Crippen molar-refractivity contribution in [3.8, 4) is 0 Å². The summed E-state index contributed by atoms with van der Waals surface area (Å²) in [7, 11) is 0. The van der Waals surface area contributed by atoms with Crippen molar-refractivity contribution in [3.05, 3.63) is 29.8 Å². The van der Waals surface area contributed by atoms with E-state index in [1.54, 1.807) is 0 Å². The minimum absolute atomic E-state index is 0. The SMILES string of the molecule is Cl.Cl.NCCCC(=O)Nc1ccc(CCN2CCOCC2)cc1. The van der Waals surface area contributed by atoms with Crippen LogP contribution in [-0.4, -0.2) is 50.2 Å². The molecule has 0 bridgehead atoms. The molecular formula is C16H27Cl2N3O2. The molecule has 0 radical (unpaired) electrons. The van der Waals surface area contributed by atoms with Crippen molar-refractivity contribution in [2.24, 2.45) is 5.73 Å². The Bertz CT molecular complexity index is 437. The Kier molecular flexibility index (Phi) is 12.1. The van der Waals surface area contributed by atoms with Gasteiger partial charge in [-0.1, -0.05) is 12.1 Å². The monoisotopic (exact) mass is 363 g/mol. The molecule has 0 aromatic heterocycles. The van der Waals surface area contributed by atoms with Gasteiger partial charge in [-0.25, -0.2) is 0 Å². The maximum atomic E-state index is 11.6. The van der Waals surface area contributed by atoms with Crippen LogP contribution >= 0.6 is 24.8 Å². The number of benzene rings is 1. The first-order valence-electron chi connectivity index (χ1n) is 7.67. The standard InChI is InChI=1S/C16H25N3O2.2ClH/c17-8-1-2-16(20)18-15-5-3-14(4-6-15)7-9-19-10-12-21-13-11-19;;/h3-6H,1-2,7-13,17H2,(H,18,20);2*1H. The Labute approximate surface area is 150 Å². The fourth-order valence-corrected chi connectivity index (χ4v) is 2.35. The Hall–Kier alpha value is -0.850. The van der Waals surface area contributed by atoms with Gasteiger partial charge in [0.2, 0.25) is 5.91 Å². The highest BCUT2D eigenvalue weighted by molar-refractivity contribution is 5.90. The van der Waals surface area contributed by atoms with Gasteiger partial charge in [-0.2, -0.15) is 0 Å². The molecule has 0 aliphatic carbocycles. The molecule has 0 atom stereocenters. The van der Waals surface area contributed by atoms with Crippen LogP contribution in [0.15, 0.2) is 24.3 Å². The van der Waals surface area contributed by atoms with Crippen LogP contribution < -0.4 is 11.1 Å². The lowest BCUT2D eigenvalue weighted by Crippen LogP contribution is -2.37. The molecule has 1 saturated heterocycles. The Morgan fingerprint density at radius 1 is 1.17 bits per heavy atom. The number of nitrogens with zero attached hydrogens (tertiary/aromatic N) is 1. The summed E-state index contributed by atoms with van der Waals surface area (Å²) in [4.78, 5) is 14.0. The van der Waals surface area contributed by atoms with E-state index >= 15 is 0 Å². The van der Waals surface area contributed by atoms with Crippen LogP contribution in [0.1, 0.15) is 18.4 Å². The number of ether oxygens (including phenoxy) is 1. The Morgan fingerprint density at radius 2 is 1.83 bits per heavy atom. The highest BCUT2D eigenvalue weighted by atomic mass is 35.5. The predicted molar refractivity (Wildman–Crippen MR) is 98.8 cm³/mol. The molecule has 1 fully saturated rings. The maximum Gasteiger partial charge on any atom is 0.224 e. The van der Waals surface area contributed by atoms with Gasteiger partial charge in [0, 0.05) is 31.7 Å². The van der Waals surface area contributed by atoms with Gasteiger partial charge in [0.05, 0.1) is 13.2 Å². The fourth-order valence-electron chi connectivity index (χ4n) is 2.35. The summed E-state index contributed by atoms with van der Waals surface area (Å²) in [6.07, 6.45) is 2.24. The number of hydrogen-bond donors (Lipinski definition) is 2. The molecule has 7 heteroatoms. The van der Waals surface area contributed by atoms with Crippen LogP contribution in [0.25, 0.3) is 0 Å². The van der Waals surface area contributed by atoms with Gasteiger partial charge < -0.3 is 15.8 Å². The molecule has 5 nitrogen and oxygen atoms in total. The summed E-state index contributed by atoms with van der Waals surface area (Å²) < 4.78 is 5.34. The van der Waals surface area contributed by atoms with Crippen molar-refractivity contribution in [2.45, 2.75) is 19.3 Å². The molecule has 1 aromatic rings. The second-order valence-electron chi connectivity index (χ2n) is 5.34. The Morgan fingerprint density at radius 3 is 2.43 bits per heavy atom. The summed E-state index contributed by atoms with van der Waals surface area (Å²) in [5.41, 5.74) is 7.54. The summed E-state index contributed by atoms with van der Waals surface area (Å²) in [6, 6.07) is 8.10. The molecule has 23 heavy (non-hydrogen) atoms. The fraction of sp³-hybridized carbons (Fsp3) is 0.562. The van der Waals surface area contributed by atoms with Crippen LogP contribution in [0.4, 0.5) is 5.69 Å². The molecule has 1 aliphatic heterocycles. The Balaban J connectivity index is 0.00000242. The largest absolute Gasteiger partial charge is 0.379 e. The van der Waals surface area contributed by atoms with E-state index in [1.165, 1.54) is 5.56 Å². The highest BCUT2D eigenvalue weighted by Gasteiger charge is 2.09. The topological polar surface area (TPSA) is 67.6 Å². The molecule has 0 unspecified atom stereocenters. The predicted octanol–water partition coefficient (Wildman–Crippen LogP) is 2.08. The van der Waals surface area contributed by atoms with Crippen LogP contribution in [0.2, 0.25) is 0 Å². The molecule has 1 aromatic carbocycles. The van der Waals surface area contributed by atoms with Gasteiger partial charge in [-0.05, 0) is 37.1 Å². The number of carbonyl (C=O) groups is 1. The van der Waals surface area contributed by atoms with E-state index in [4.69, 9.17) is 10.5 Å². The lowest BCUT2D eigenvalue weighted by molar-refractivity contribution is -0.116. The third-order valence-corrected chi connectivity index (χ3v) is 3.67. The second-order valence-corrected chi connectivity index (χ2v) is 5.34. The zero-order chi connectivity index (χ0) is 14.9. The third-order valence-electron chi connectivity index (χ3n) is 3.67. The lowest BCUT2D eigenvalue weighted by Gasteiger charge is -2.26. The summed E-state index contributed by atoms with van der Waals surface area (Å²) in [5.74, 6) is 0.0292. The van der Waals surface area contributed by atoms with Gasteiger partial charge in [-0.15, -0.1) is 24.8 Å². The van der Waals surface area contributed by atoms with Crippen LogP contribution in [0, 0.1) is 0 Å². The minimum atomic E-state index is 0.